The van der Waals surface area contributed by atoms with Crippen molar-refractivity contribution in [3.63, 3.8) is 0 Å². The maximum Gasteiger partial charge on any atom is 0.163 e. The lowest BCUT2D eigenvalue weighted by atomic mass is 10.1. The molecule has 0 radical (unpaired) electrons. The molecule has 0 aliphatic heterocycles. The second-order valence-electron chi connectivity index (χ2n) is 4.73. The highest BCUT2D eigenvalue weighted by Crippen LogP contribution is 2.22. The lowest BCUT2D eigenvalue weighted by Gasteiger charge is -2.00. The summed E-state index contributed by atoms with van der Waals surface area (Å²) in [5.74, 6) is 7.72. The van der Waals surface area contributed by atoms with Gasteiger partial charge in [-0.05, 0) is 54.5 Å². The van der Waals surface area contributed by atoms with Crippen LogP contribution in [0.25, 0.3) is 11.3 Å². The first kappa shape index (κ1) is 14.7. The highest BCUT2D eigenvalue weighted by atomic mass is 16.5. The van der Waals surface area contributed by atoms with Gasteiger partial charge in [0.05, 0.1) is 14.2 Å². The van der Waals surface area contributed by atoms with Crippen LogP contribution in [0.5, 0.6) is 11.5 Å². The number of hydrogen-bond acceptors (Lipinski definition) is 4. The van der Waals surface area contributed by atoms with Crippen LogP contribution in [-0.2, 0) is 0 Å². The molecule has 0 saturated carbocycles. The van der Waals surface area contributed by atoms with Crippen molar-refractivity contribution in [3.8, 4) is 34.6 Å². The van der Waals surface area contributed by atoms with E-state index in [0.29, 0.717) is 11.4 Å². The zero-order valence-corrected chi connectivity index (χ0v) is 12.8. The molecule has 0 amide bonds. The summed E-state index contributed by atoms with van der Waals surface area (Å²) in [4.78, 5) is 0. The summed E-state index contributed by atoms with van der Waals surface area (Å²) < 4.78 is 10.3. The quantitative estimate of drug-likeness (QED) is 0.756. The number of rotatable bonds is 3. The summed E-state index contributed by atoms with van der Waals surface area (Å²) in [5, 5.41) is 10.9. The molecule has 1 aromatic heterocycles. The molecule has 0 fully saturated rings. The van der Waals surface area contributed by atoms with E-state index < -0.39 is 0 Å². The molecule has 0 atom stereocenters. The van der Waals surface area contributed by atoms with Crippen molar-refractivity contribution < 1.29 is 9.47 Å². The minimum Gasteiger partial charge on any atom is -0.497 e. The minimum atomic E-state index is 0.603. The number of methoxy groups -OCH3 is 2. The Morgan fingerprint density at radius 3 is 2.00 bits per heavy atom. The lowest BCUT2D eigenvalue weighted by Crippen LogP contribution is -1.86. The Kier molecular flexibility index (Phi) is 4.25. The topological polar surface area (TPSA) is 60.0 Å². The van der Waals surface area contributed by atoms with E-state index >= 15 is 0 Å². The highest BCUT2D eigenvalue weighted by Gasteiger charge is 2.08. The van der Waals surface area contributed by atoms with E-state index in [1.165, 1.54) is 0 Å². The fraction of sp³-hybridized carbons (Fsp3) is 0.111. The van der Waals surface area contributed by atoms with Crippen molar-refractivity contribution in [3.05, 3.63) is 59.8 Å². The summed E-state index contributed by atoms with van der Waals surface area (Å²) in [7, 11) is 3.27. The van der Waals surface area contributed by atoms with Crippen LogP contribution in [0.2, 0.25) is 0 Å². The van der Waals surface area contributed by atoms with E-state index in [2.05, 4.69) is 27.3 Å². The third kappa shape index (κ3) is 3.33. The maximum atomic E-state index is 5.16. The maximum absolute atomic E-state index is 5.16. The molecule has 1 heterocycles. The molecule has 0 aliphatic rings. The number of hydrogen-bond donors (Lipinski definition) is 1. The van der Waals surface area contributed by atoms with Crippen molar-refractivity contribution in [1.29, 1.82) is 0 Å². The monoisotopic (exact) mass is 305 g/mol. The molecule has 3 aromatic rings. The second-order valence-corrected chi connectivity index (χ2v) is 4.73. The lowest BCUT2D eigenvalue weighted by molar-refractivity contribution is 0.414. The Hall–Kier alpha value is -3.26. The summed E-state index contributed by atoms with van der Waals surface area (Å²) in [5.41, 5.74) is 3.13. The summed E-state index contributed by atoms with van der Waals surface area (Å²) in [6.07, 6.45) is 0. The third-order valence-corrected chi connectivity index (χ3v) is 3.33. The average Bonchev–Trinajstić information content (AvgIpc) is 3.09. The molecule has 0 aliphatic carbocycles. The average molecular weight is 305 g/mol. The van der Waals surface area contributed by atoms with Crippen molar-refractivity contribution in [2.75, 3.05) is 14.2 Å². The largest absolute Gasteiger partial charge is 0.497 e. The molecule has 5 nitrogen and oxygen atoms in total. The Bertz CT molecular complexity index is 840. The van der Waals surface area contributed by atoms with Gasteiger partial charge in [-0.1, -0.05) is 5.92 Å². The fourth-order valence-corrected chi connectivity index (χ4v) is 2.07. The van der Waals surface area contributed by atoms with Crippen LogP contribution in [0.3, 0.4) is 0 Å². The van der Waals surface area contributed by atoms with Crippen LogP contribution < -0.4 is 9.47 Å². The molecule has 0 saturated heterocycles. The van der Waals surface area contributed by atoms with Gasteiger partial charge in [-0.25, -0.2) is 0 Å². The van der Waals surface area contributed by atoms with Gasteiger partial charge in [0.15, 0.2) is 5.69 Å². The predicted molar refractivity (Wildman–Crippen MR) is 87.3 cm³/mol. The van der Waals surface area contributed by atoms with Gasteiger partial charge < -0.3 is 9.47 Å². The molecule has 1 N–H and O–H groups in total. The van der Waals surface area contributed by atoms with E-state index in [1.54, 1.807) is 14.2 Å². The van der Waals surface area contributed by atoms with Gasteiger partial charge >= 0.3 is 0 Å². The number of ether oxygens (including phenoxy) is 2. The van der Waals surface area contributed by atoms with Gasteiger partial charge in [0, 0.05) is 11.1 Å². The molecule has 23 heavy (non-hydrogen) atoms. The number of H-pyrrole nitrogens is 1. The van der Waals surface area contributed by atoms with Gasteiger partial charge in [0.25, 0.3) is 0 Å². The van der Waals surface area contributed by atoms with E-state index in [1.807, 2.05) is 48.5 Å². The number of benzene rings is 2. The van der Waals surface area contributed by atoms with E-state index in [9.17, 15) is 0 Å². The van der Waals surface area contributed by atoms with Gasteiger partial charge in [0.2, 0.25) is 0 Å². The van der Waals surface area contributed by atoms with E-state index in [0.717, 1.165) is 22.6 Å². The number of aromatic amines is 1. The van der Waals surface area contributed by atoms with Crippen molar-refractivity contribution >= 4 is 0 Å². The Morgan fingerprint density at radius 2 is 1.39 bits per heavy atom. The zero-order chi connectivity index (χ0) is 16.1. The molecule has 0 unspecified atom stereocenters. The Labute approximate surface area is 134 Å². The third-order valence-electron chi connectivity index (χ3n) is 3.33. The SMILES string of the molecule is COc1ccc(C#Cc2n[nH]nc2-c2ccc(OC)cc2)cc1. The van der Waals surface area contributed by atoms with Crippen LogP contribution in [0.1, 0.15) is 11.3 Å². The zero-order valence-electron chi connectivity index (χ0n) is 12.8. The van der Waals surface area contributed by atoms with Crippen LogP contribution in [0, 0.1) is 11.8 Å². The molecule has 114 valence electrons. The Morgan fingerprint density at radius 1 is 0.783 bits per heavy atom. The summed E-state index contributed by atoms with van der Waals surface area (Å²) in [6.45, 7) is 0. The minimum absolute atomic E-state index is 0.603. The van der Waals surface area contributed by atoms with E-state index in [4.69, 9.17) is 9.47 Å². The van der Waals surface area contributed by atoms with Crippen molar-refractivity contribution in [1.82, 2.24) is 15.4 Å². The number of aromatic nitrogens is 3. The first-order valence-corrected chi connectivity index (χ1v) is 7.01. The molecular formula is C18H15N3O2. The van der Waals surface area contributed by atoms with Crippen LogP contribution in [0.4, 0.5) is 0 Å². The summed E-state index contributed by atoms with van der Waals surface area (Å²) >= 11 is 0. The van der Waals surface area contributed by atoms with Gasteiger partial charge in [-0.3, -0.25) is 0 Å². The predicted octanol–water partition coefficient (Wildman–Crippen LogP) is 2.89. The smallest absolute Gasteiger partial charge is 0.163 e. The standard InChI is InChI=1S/C18H15N3O2/c1-22-15-8-3-13(4-9-15)5-12-17-18(20-21-19-17)14-6-10-16(23-2)11-7-14/h3-4,6-11H,1-2H3,(H,19,20,21). The van der Waals surface area contributed by atoms with E-state index in [-0.39, 0.29) is 0 Å². The molecule has 3 rings (SSSR count). The van der Waals surface area contributed by atoms with Gasteiger partial charge in [-0.15, -0.1) is 5.10 Å². The fourth-order valence-electron chi connectivity index (χ4n) is 2.07. The molecule has 5 heteroatoms. The second kappa shape index (κ2) is 6.67. The van der Waals surface area contributed by atoms with Gasteiger partial charge in [0.1, 0.15) is 17.2 Å². The number of nitrogens with zero attached hydrogens (tertiary/aromatic N) is 2. The molecule has 0 bridgehead atoms. The first-order chi connectivity index (χ1) is 11.3. The molecule has 0 spiro atoms. The van der Waals surface area contributed by atoms with Crippen molar-refractivity contribution in [2.24, 2.45) is 0 Å². The van der Waals surface area contributed by atoms with Gasteiger partial charge in [-0.2, -0.15) is 10.3 Å². The summed E-state index contributed by atoms with van der Waals surface area (Å²) in [6, 6.07) is 15.2. The number of nitrogens with one attached hydrogen (secondary N) is 1. The normalized spacial score (nSPS) is 9.83. The first-order valence-electron chi connectivity index (χ1n) is 7.01. The Balaban J connectivity index is 1.87. The van der Waals surface area contributed by atoms with Crippen LogP contribution in [-0.4, -0.2) is 29.6 Å². The van der Waals surface area contributed by atoms with Crippen LogP contribution >= 0.6 is 0 Å². The van der Waals surface area contributed by atoms with Crippen molar-refractivity contribution in [2.45, 2.75) is 0 Å². The van der Waals surface area contributed by atoms with Crippen LogP contribution in [0.15, 0.2) is 48.5 Å². The molecular weight excluding hydrogens is 290 g/mol. The molecule has 2 aromatic carbocycles. The highest BCUT2D eigenvalue weighted by molar-refractivity contribution is 5.66.